The standard InChI is InChI=1S/C19H27N3O6/c1-12(2)14(18(26)21-13(3)19(27)28)11-20-15(23)7-5-4-6-10-22-16(24)8-9-17(22)25/h8-9,11-14H,4-7,10H2,1-3H3,(H,21,26)(H,27,28)/b20-11+/t13-,14?/m0/s1. The van der Waals surface area contributed by atoms with Gasteiger partial charge in [0.25, 0.3) is 11.8 Å². The molecule has 28 heavy (non-hydrogen) atoms. The number of unbranched alkanes of at least 4 members (excludes halogenated alkanes) is 2. The van der Waals surface area contributed by atoms with Crippen molar-refractivity contribution in [1.29, 1.82) is 0 Å². The quantitative estimate of drug-likeness (QED) is 0.305. The van der Waals surface area contributed by atoms with Crippen molar-refractivity contribution in [3.8, 4) is 0 Å². The number of carbonyl (C=O) groups excluding carboxylic acids is 4. The number of hydrogen-bond acceptors (Lipinski definition) is 5. The first-order valence-corrected chi connectivity index (χ1v) is 9.27. The normalized spacial score (nSPS) is 16.1. The minimum Gasteiger partial charge on any atom is -0.480 e. The zero-order chi connectivity index (χ0) is 21.3. The van der Waals surface area contributed by atoms with Crippen LogP contribution >= 0.6 is 0 Å². The number of nitrogens with one attached hydrogen (secondary N) is 1. The van der Waals surface area contributed by atoms with Crippen molar-refractivity contribution in [2.24, 2.45) is 16.8 Å². The number of carboxylic acids is 1. The van der Waals surface area contributed by atoms with Crippen LogP contribution in [0.1, 0.15) is 46.5 Å². The summed E-state index contributed by atoms with van der Waals surface area (Å²) in [5.41, 5.74) is 0. The molecule has 0 bridgehead atoms. The molecule has 4 amide bonds. The van der Waals surface area contributed by atoms with E-state index in [2.05, 4.69) is 10.3 Å². The first-order valence-electron chi connectivity index (χ1n) is 9.27. The van der Waals surface area contributed by atoms with Crippen LogP contribution in [0.3, 0.4) is 0 Å². The van der Waals surface area contributed by atoms with Gasteiger partial charge in [0.05, 0.1) is 5.92 Å². The van der Waals surface area contributed by atoms with Crippen LogP contribution in [0.4, 0.5) is 0 Å². The van der Waals surface area contributed by atoms with Gasteiger partial charge in [-0.2, -0.15) is 0 Å². The van der Waals surface area contributed by atoms with Gasteiger partial charge < -0.3 is 10.4 Å². The van der Waals surface area contributed by atoms with Gasteiger partial charge in [0, 0.05) is 31.3 Å². The number of nitrogens with zero attached hydrogens (tertiary/aromatic N) is 2. The minimum atomic E-state index is -1.14. The smallest absolute Gasteiger partial charge is 0.325 e. The fraction of sp³-hybridized carbons (Fsp3) is 0.579. The largest absolute Gasteiger partial charge is 0.480 e. The van der Waals surface area contributed by atoms with Crippen LogP contribution in [0.5, 0.6) is 0 Å². The van der Waals surface area contributed by atoms with E-state index in [-0.39, 0.29) is 30.1 Å². The molecule has 2 atom stereocenters. The average molecular weight is 393 g/mol. The lowest BCUT2D eigenvalue weighted by molar-refractivity contribution is -0.141. The number of imide groups is 1. The number of amides is 4. The molecule has 2 N–H and O–H groups in total. The number of rotatable bonds is 11. The van der Waals surface area contributed by atoms with Crippen LogP contribution in [0.15, 0.2) is 17.1 Å². The Kier molecular flexibility index (Phi) is 9.20. The molecule has 0 saturated carbocycles. The summed E-state index contributed by atoms with van der Waals surface area (Å²) >= 11 is 0. The van der Waals surface area contributed by atoms with Gasteiger partial charge in [-0.25, -0.2) is 4.99 Å². The Balaban J connectivity index is 2.37. The number of carboxylic acid groups (broad SMARTS) is 1. The topological polar surface area (TPSA) is 133 Å². The number of carbonyl (C=O) groups is 5. The van der Waals surface area contributed by atoms with Gasteiger partial charge in [0.1, 0.15) is 6.04 Å². The molecule has 0 aliphatic carbocycles. The predicted molar refractivity (Wildman–Crippen MR) is 101 cm³/mol. The fourth-order valence-electron chi connectivity index (χ4n) is 2.52. The Hall–Kier alpha value is -2.84. The highest BCUT2D eigenvalue weighted by atomic mass is 16.4. The van der Waals surface area contributed by atoms with Gasteiger partial charge in [-0.1, -0.05) is 20.3 Å². The zero-order valence-corrected chi connectivity index (χ0v) is 16.4. The molecular formula is C19H27N3O6. The maximum atomic E-state index is 12.1. The third-order valence-electron chi connectivity index (χ3n) is 4.30. The summed E-state index contributed by atoms with van der Waals surface area (Å²) in [5.74, 6) is -3.50. The van der Waals surface area contributed by atoms with E-state index in [4.69, 9.17) is 5.11 Å². The van der Waals surface area contributed by atoms with Crippen LogP contribution in [0, 0.1) is 11.8 Å². The number of aliphatic imine (C=N–C) groups is 1. The summed E-state index contributed by atoms with van der Waals surface area (Å²) in [5, 5.41) is 11.2. The van der Waals surface area contributed by atoms with Crippen molar-refractivity contribution in [3.05, 3.63) is 12.2 Å². The highest BCUT2D eigenvalue weighted by Crippen LogP contribution is 2.11. The van der Waals surface area contributed by atoms with Crippen LogP contribution < -0.4 is 5.32 Å². The molecular weight excluding hydrogens is 366 g/mol. The highest BCUT2D eigenvalue weighted by Gasteiger charge is 2.24. The monoisotopic (exact) mass is 393 g/mol. The summed E-state index contributed by atoms with van der Waals surface area (Å²) in [6.07, 6.45) is 5.73. The molecule has 1 heterocycles. The molecule has 0 aromatic carbocycles. The van der Waals surface area contributed by atoms with E-state index in [9.17, 15) is 24.0 Å². The molecule has 0 spiro atoms. The third-order valence-corrected chi connectivity index (χ3v) is 4.30. The third kappa shape index (κ3) is 7.42. The first-order chi connectivity index (χ1) is 13.1. The van der Waals surface area contributed by atoms with Gasteiger partial charge >= 0.3 is 5.97 Å². The highest BCUT2D eigenvalue weighted by molar-refractivity contribution is 6.12. The van der Waals surface area contributed by atoms with Crippen molar-refractivity contribution in [2.75, 3.05) is 6.54 Å². The van der Waals surface area contributed by atoms with Crippen molar-refractivity contribution >= 4 is 35.8 Å². The Labute approximate surface area is 163 Å². The van der Waals surface area contributed by atoms with E-state index in [1.165, 1.54) is 25.3 Å². The predicted octanol–water partition coefficient (Wildman–Crippen LogP) is 0.931. The molecule has 0 aromatic heterocycles. The van der Waals surface area contributed by atoms with E-state index in [0.717, 1.165) is 4.90 Å². The van der Waals surface area contributed by atoms with Gasteiger partial charge in [-0.05, 0) is 25.7 Å². The molecule has 0 fully saturated rings. The zero-order valence-electron chi connectivity index (χ0n) is 16.4. The van der Waals surface area contributed by atoms with Crippen LogP contribution in [-0.4, -0.2) is 58.4 Å². The van der Waals surface area contributed by atoms with E-state index in [1.54, 1.807) is 13.8 Å². The van der Waals surface area contributed by atoms with Crippen LogP contribution in [0.25, 0.3) is 0 Å². The molecule has 0 saturated heterocycles. The second kappa shape index (κ2) is 11.1. The summed E-state index contributed by atoms with van der Waals surface area (Å²) in [6, 6.07) is -1.03. The molecule has 0 radical (unpaired) electrons. The van der Waals surface area contributed by atoms with Crippen LogP contribution in [-0.2, 0) is 24.0 Å². The van der Waals surface area contributed by atoms with E-state index in [0.29, 0.717) is 25.8 Å². The molecule has 1 aliphatic heterocycles. The minimum absolute atomic E-state index is 0.151. The van der Waals surface area contributed by atoms with Gasteiger partial charge in [0.2, 0.25) is 11.8 Å². The number of hydrogen-bond donors (Lipinski definition) is 2. The molecule has 1 aliphatic rings. The Morgan fingerprint density at radius 3 is 2.25 bits per heavy atom. The summed E-state index contributed by atoms with van der Waals surface area (Å²) in [4.78, 5) is 62.7. The Morgan fingerprint density at radius 1 is 1.11 bits per heavy atom. The Bertz CT molecular complexity index is 665. The molecule has 9 nitrogen and oxygen atoms in total. The summed E-state index contributed by atoms with van der Waals surface area (Å²) in [7, 11) is 0. The molecule has 1 unspecified atom stereocenters. The molecule has 0 aromatic rings. The second-order valence-corrected chi connectivity index (χ2v) is 6.98. The van der Waals surface area contributed by atoms with E-state index >= 15 is 0 Å². The maximum Gasteiger partial charge on any atom is 0.325 e. The number of aliphatic carboxylic acids is 1. The van der Waals surface area contributed by atoms with Gasteiger partial charge in [-0.3, -0.25) is 28.9 Å². The van der Waals surface area contributed by atoms with Crippen molar-refractivity contribution in [1.82, 2.24) is 10.2 Å². The molecule has 1 rings (SSSR count). The van der Waals surface area contributed by atoms with Gasteiger partial charge in [0.15, 0.2) is 0 Å². The fourth-order valence-corrected chi connectivity index (χ4v) is 2.52. The maximum absolute atomic E-state index is 12.1. The van der Waals surface area contributed by atoms with Crippen molar-refractivity contribution in [2.45, 2.75) is 52.5 Å². The Morgan fingerprint density at radius 2 is 1.71 bits per heavy atom. The lowest BCUT2D eigenvalue weighted by Gasteiger charge is -2.17. The van der Waals surface area contributed by atoms with Crippen LogP contribution in [0.2, 0.25) is 0 Å². The van der Waals surface area contributed by atoms with E-state index in [1.807, 2.05) is 0 Å². The average Bonchev–Trinajstić information content (AvgIpc) is 2.92. The summed E-state index contributed by atoms with van der Waals surface area (Å²) in [6.45, 7) is 5.24. The SMILES string of the molecule is CC(C)C(/C=N/C(=O)CCCCCN1C(=O)C=CC1=O)C(=O)N[C@@H](C)C(=O)O. The van der Waals surface area contributed by atoms with Crippen molar-refractivity contribution in [3.63, 3.8) is 0 Å². The lowest BCUT2D eigenvalue weighted by Crippen LogP contribution is -2.43. The molecule has 9 heteroatoms. The van der Waals surface area contributed by atoms with Crippen molar-refractivity contribution < 1.29 is 29.1 Å². The first kappa shape index (κ1) is 23.2. The lowest BCUT2D eigenvalue weighted by atomic mass is 9.96. The second-order valence-electron chi connectivity index (χ2n) is 6.98. The van der Waals surface area contributed by atoms with E-state index < -0.39 is 23.8 Å². The molecule has 154 valence electrons. The van der Waals surface area contributed by atoms with Gasteiger partial charge in [-0.15, -0.1) is 0 Å². The summed E-state index contributed by atoms with van der Waals surface area (Å²) < 4.78 is 0.